The standard InChI is InChI=1S/C12H16IO3S/c14-17(15,12-9-5-2-6-10-12)16-13-11-7-3-1-4-8-11/h2,5-6,9-11H,1,3-4,7-8H2/q-1. The van der Waals surface area contributed by atoms with Crippen LogP contribution < -0.4 is 21.6 Å². The molecule has 0 atom stereocenters. The van der Waals surface area contributed by atoms with Gasteiger partial charge in [-0.15, -0.1) is 0 Å². The first-order chi connectivity index (χ1) is 8.18. The third kappa shape index (κ3) is 3.93. The predicted octanol–water partition coefficient (Wildman–Crippen LogP) is -0.271. The second-order valence-electron chi connectivity index (χ2n) is 4.15. The first kappa shape index (κ1) is 13.3. The fourth-order valence-corrected chi connectivity index (χ4v) is 6.34. The van der Waals surface area contributed by atoms with Crippen LogP contribution in [0, 0.1) is 0 Å². The molecule has 1 aromatic rings. The molecule has 0 N–H and O–H groups in total. The number of hydrogen-bond donors (Lipinski definition) is 0. The van der Waals surface area contributed by atoms with Crippen LogP contribution in [0.1, 0.15) is 32.1 Å². The predicted molar refractivity (Wildman–Crippen MR) is 61.6 cm³/mol. The quantitative estimate of drug-likeness (QED) is 0.544. The zero-order chi connectivity index (χ0) is 12.1. The van der Waals surface area contributed by atoms with E-state index in [0.29, 0.717) is 3.92 Å². The minimum absolute atomic E-state index is 0.274. The van der Waals surface area contributed by atoms with Crippen LogP contribution in [0.4, 0.5) is 0 Å². The first-order valence-electron chi connectivity index (χ1n) is 5.80. The van der Waals surface area contributed by atoms with E-state index >= 15 is 0 Å². The van der Waals surface area contributed by atoms with Crippen molar-refractivity contribution in [1.29, 1.82) is 0 Å². The van der Waals surface area contributed by atoms with Gasteiger partial charge in [0.05, 0.1) is 0 Å². The van der Waals surface area contributed by atoms with E-state index in [1.807, 2.05) is 0 Å². The molecule has 0 amide bonds. The van der Waals surface area contributed by atoms with Gasteiger partial charge in [-0.25, -0.2) is 0 Å². The maximum absolute atomic E-state index is 11.9. The summed E-state index contributed by atoms with van der Waals surface area (Å²) in [6.45, 7) is 0. The number of halogens is 1. The molecule has 0 spiro atoms. The molecule has 2 rings (SSSR count). The topological polar surface area (TPSA) is 43.4 Å². The van der Waals surface area contributed by atoms with Crippen molar-refractivity contribution in [3.63, 3.8) is 0 Å². The zero-order valence-electron chi connectivity index (χ0n) is 9.51. The molecule has 1 saturated carbocycles. The van der Waals surface area contributed by atoms with Crippen LogP contribution in [0.3, 0.4) is 0 Å². The van der Waals surface area contributed by atoms with Gasteiger partial charge in [0.1, 0.15) is 0 Å². The fraction of sp³-hybridized carbons (Fsp3) is 0.500. The maximum atomic E-state index is 11.9. The van der Waals surface area contributed by atoms with Crippen LogP contribution in [-0.4, -0.2) is 12.3 Å². The van der Waals surface area contributed by atoms with Gasteiger partial charge in [-0.1, -0.05) is 0 Å². The van der Waals surface area contributed by atoms with Gasteiger partial charge in [0.15, 0.2) is 0 Å². The Kier molecular flexibility index (Phi) is 4.81. The van der Waals surface area contributed by atoms with Gasteiger partial charge >= 0.3 is 114 Å². The average molecular weight is 367 g/mol. The molecule has 0 heterocycles. The van der Waals surface area contributed by atoms with Gasteiger partial charge in [0, 0.05) is 0 Å². The Labute approximate surface area is 114 Å². The second kappa shape index (κ2) is 6.15. The molecule has 0 aromatic heterocycles. The monoisotopic (exact) mass is 367 g/mol. The number of alkyl halides is 1. The average Bonchev–Trinajstić information content (AvgIpc) is 2.39. The second-order valence-corrected chi connectivity index (χ2v) is 9.01. The molecule has 0 saturated heterocycles. The van der Waals surface area contributed by atoms with Crippen LogP contribution in [0.5, 0.6) is 0 Å². The Balaban J connectivity index is 1.94. The Morgan fingerprint density at radius 2 is 1.71 bits per heavy atom. The van der Waals surface area contributed by atoms with E-state index in [0.717, 1.165) is 12.8 Å². The molecule has 3 nitrogen and oxygen atoms in total. The van der Waals surface area contributed by atoms with Crippen LogP contribution in [0.25, 0.3) is 0 Å². The zero-order valence-corrected chi connectivity index (χ0v) is 12.5. The summed E-state index contributed by atoms with van der Waals surface area (Å²) in [6, 6.07) is 8.40. The summed E-state index contributed by atoms with van der Waals surface area (Å²) in [6.07, 6.45) is 6.00. The fourth-order valence-electron chi connectivity index (χ4n) is 1.86. The number of hydrogen-bond acceptors (Lipinski definition) is 3. The van der Waals surface area contributed by atoms with Crippen molar-refractivity contribution >= 4 is 10.1 Å². The van der Waals surface area contributed by atoms with Gasteiger partial charge in [-0.2, -0.15) is 0 Å². The molecular weight excluding hydrogens is 351 g/mol. The third-order valence-corrected chi connectivity index (χ3v) is 7.91. The summed E-state index contributed by atoms with van der Waals surface area (Å²) in [5.74, 6) is 0. The van der Waals surface area contributed by atoms with Gasteiger partial charge in [0.25, 0.3) is 0 Å². The van der Waals surface area contributed by atoms with Crippen LogP contribution in [0.15, 0.2) is 35.2 Å². The van der Waals surface area contributed by atoms with Crippen molar-refractivity contribution in [3.8, 4) is 0 Å². The van der Waals surface area contributed by atoms with Gasteiger partial charge < -0.3 is 0 Å². The van der Waals surface area contributed by atoms with Gasteiger partial charge in [-0.3, -0.25) is 0 Å². The van der Waals surface area contributed by atoms with Crippen molar-refractivity contribution in [2.24, 2.45) is 0 Å². The Bertz CT molecular complexity index is 438. The van der Waals surface area contributed by atoms with Crippen molar-refractivity contribution < 1.29 is 32.6 Å². The van der Waals surface area contributed by atoms with Crippen molar-refractivity contribution in [2.45, 2.75) is 40.9 Å². The summed E-state index contributed by atoms with van der Waals surface area (Å²) in [5, 5.41) is 0. The Morgan fingerprint density at radius 3 is 2.35 bits per heavy atom. The van der Waals surface area contributed by atoms with E-state index < -0.39 is 31.7 Å². The molecule has 1 aromatic carbocycles. The molecule has 96 valence electrons. The van der Waals surface area contributed by atoms with Crippen LogP contribution in [0.2, 0.25) is 0 Å². The van der Waals surface area contributed by atoms with Crippen molar-refractivity contribution in [1.82, 2.24) is 0 Å². The van der Waals surface area contributed by atoms with Crippen molar-refractivity contribution in [3.05, 3.63) is 30.3 Å². The number of rotatable bonds is 4. The summed E-state index contributed by atoms with van der Waals surface area (Å²) >= 11 is -0.700. The van der Waals surface area contributed by atoms with E-state index in [-0.39, 0.29) is 4.90 Å². The molecule has 0 aliphatic heterocycles. The Morgan fingerprint density at radius 1 is 1.06 bits per heavy atom. The summed E-state index contributed by atoms with van der Waals surface area (Å²) in [5.41, 5.74) is 0. The molecule has 0 radical (unpaired) electrons. The first-order valence-corrected chi connectivity index (χ1v) is 9.34. The summed E-state index contributed by atoms with van der Waals surface area (Å²) in [4.78, 5) is 0.274. The molecular formula is C12H16IO3S-. The molecule has 1 aliphatic carbocycles. The number of benzene rings is 1. The van der Waals surface area contributed by atoms with Gasteiger partial charge in [-0.05, 0) is 0 Å². The molecule has 1 aliphatic rings. The van der Waals surface area contributed by atoms with E-state index in [1.54, 1.807) is 30.3 Å². The van der Waals surface area contributed by atoms with E-state index in [4.69, 9.17) is 2.51 Å². The minimum atomic E-state index is -3.51. The summed E-state index contributed by atoms with van der Waals surface area (Å²) in [7, 11) is -3.51. The van der Waals surface area contributed by atoms with E-state index in [2.05, 4.69) is 0 Å². The Hall–Kier alpha value is -0.140. The molecule has 1 fully saturated rings. The summed E-state index contributed by atoms with van der Waals surface area (Å²) < 4.78 is 29.5. The van der Waals surface area contributed by atoms with Crippen molar-refractivity contribution in [2.75, 3.05) is 0 Å². The molecule has 0 unspecified atom stereocenters. The van der Waals surface area contributed by atoms with E-state index in [1.165, 1.54) is 19.3 Å². The van der Waals surface area contributed by atoms with E-state index in [9.17, 15) is 8.42 Å². The van der Waals surface area contributed by atoms with Crippen LogP contribution in [-0.2, 0) is 12.6 Å². The normalized spacial score (nSPS) is 18.4. The van der Waals surface area contributed by atoms with Gasteiger partial charge in [0.2, 0.25) is 0 Å². The van der Waals surface area contributed by atoms with Crippen LogP contribution >= 0.6 is 0 Å². The SMILES string of the molecule is O=S(=O)(O[I-]C1CCCCC1)c1ccccc1. The molecule has 17 heavy (non-hydrogen) atoms. The molecule has 0 bridgehead atoms. The third-order valence-electron chi connectivity index (χ3n) is 2.81. The molecule has 5 heteroatoms.